The SMILES string of the molecule is NC(=O)c1cccc(C(=O)NCC2=CCNCC2)c1. The second-order valence-electron chi connectivity index (χ2n) is 4.44. The molecule has 0 atom stereocenters. The van der Waals surface area contributed by atoms with Crippen LogP contribution in [0.2, 0.25) is 0 Å². The summed E-state index contributed by atoms with van der Waals surface area (Å²) < 4.78 is 0. The Balaban J connectivity index is 1.97. The van der Waals surface area contributed by atoms with E-state index in [2.05, 4.69) is 16.7 Å². The molecule has 0 aliphatic carbocycles. The maximum Gasteiger partial charge on any atom is 0.251 e. The van der Waals surface area contributed by atoms with E-state index in [4.69, 9.17) is 5.73 Å². The third-order valence-electron chi connectivity index (χ3n) is 3.04. The number of nitrogens with one attached hydrogen (secondary N) is 2. The van der Waals surface area contributed by atoms with Crippen molar-refractivity contribution in [2.24, 2.45) is 5.73 Å². The lowest BCUT2D eigenvalue weighted by Crippen LogP contribution is -2.29. The van der Waals surface area contributed by atoms with Crippen LogP contribution in [0, 0.1) is 0 Å². The summed E-state index contributed by atoms with van der Waals surface area (Å²) >= 11 is 0. The smallest absolute Gasteiger partial charge is 0.251 e. The van der Waals surface area contributed by atoms with Crippen molar-refractivity contribution in [3.63, 3.8) is 0 Å². The van der Waals surface area contributed by atoms with E-state index >= 15 is 0 Å². The van der Waals surface area contributed by atoms with Crippen LogP contribution in [0.5, 0.6) is 0 Å². The van der Waals surface area contributed by atoms with Crippen molar-refractivity contribution in [3.8, 4) is 0 Å². The van der Waals surface area contributed by atoms with E-state index in [1.807, 2.05) is 0 Å². The number of carbonyl (C=O) groups excluding carboxylic acids is 2. The van der Waals surface area contributed by atoms with Gasteiger partial charge in [0.25, 0.3) is 5.91 Å². The zero-order valence-corrected chi connectivity index (χ0v) is 10.6. The quantitative estimate of drug-likeness (QED) is 0.686. The Kier molecular flexibility index (Phi) is 4.30. The molecule has 1 heterocycles. The molecule has 1 aromatic carbocycles. The lowest BCUT2D eigenvalue weighted by atomic mass is 10.1. The Morgan fingerprint density at radius 3 is 2.79 bits per heavy atom. The summed E-state index contributed by atoms with van der Waals surface area (Å²) in [5, 5.41) is 6.06. The number of rotatable bonds is 4. The molecule has 5 nitrogen and oxygen atoms in total. The van der Waals surface area contributed by atoms with Crippen molar-refractivity contribution in [2.45, 2.75) is 6.42 Å². The summed E-state index contributed by atoms with van der Waals surface area (Å²) in [6.07, 6.45) is 3.03. The number of nitrogens with two attached hydrogens (primary N) is 1. The molecule has 0 spiro atoms. The van der Waals surface area contributed by atoms with Crippen molar-refractivity contribution in [1.82, 2.24) is 10.6 Å². The van der Waals surface area contributed by atoms with Gasteiger partial charge in [0.1, 0.15) is 0 Å². The van der Waals surface area contributed by atoms with Crippen LogP contribution in [0.1, 0.15) is 27.1 Å². The molecule has 2 rings (SSSR count). The fraction of sp³-hybridized carbons (Fsp3) is 0.286. The number of benzene rings is 1. The first-order chi connectivity index (χ1) is 9.16. The summed E-state index contributed by atoms with van der Waals surface area (Å²) in [5.74, 6) is -0.724. The van der Waals surface area contributed by atoms with Crippen LogP contribution in [0.3, 0.4) is 0 Å². The Bertz CT molecular complexity index is 523. The second-order valence-corrected chi connectivity index (χ2v) is 4.44. The highest BCUT2D eigenvalue weighted by molar-refractivity contribution is 5.99. The van der Waals surface area contributed by atoms with E-state index in [9.17, 15) is 9.59 Å². The molecule has 1 aliphatic rings. The molecule has 2 amide bonds. The number of hydrogen-bond donors (Lipinski definition) is 3. The van der Waals surface area contributed by atoms with Crippen LogP contribution < -0.4 is 16.4 Å². The van der Waals surface area contributed by atoms with Gasteiger partial charge < -0.3 is 16.4 Å². The van der Waals surface area contributed by atoms with Crippen LogP contribution in [0.4, 0.5) is 0 Å². The molecule has 0 fully saturated rings. The van der Waals surface area contributed by atoms with Gasteiger partial charge >= 0.3 is 0 Å². The molecule has 1 aliphatic heterocycles. The van der Waals surface area contributed by atoms with Gasteiger partial charge in [-0.3, -0.25) is 9.59 Å². The standard InChI is InChI=1S/C14H17N3O2/c15-13(18)11-2-1-3-12(8-11)14(19)17-9-10-4-6-16-7-5-10/h1-4,8,16H,5-7,9H2,(H2,15,18)(H,17,19). The van der Waals surface area contributed by atoms with Gasteiger partial charge in [0.05, 0.1) is 0 Å². The van der Waals surface area contributed by atoms with E-state index in [0.29, 0.717) is 17.7 Å². The molecule has 19 heavy (non-hydrogen) atoms. The lowest BCUT2D eigenvalue weighted by Gasteiger charge is -2.14. The minimum absolute atomic E-state index is 0.192. The Hall–Kier alpha value is -2.14. The van der Waals surface area contributed by atoms with Crippen molar-refractivity contribution >= 4 is 11.8 Å². The molecule has 5 heteroatoms. The first kappa shape index (κ1) is 13.3. The molecule has 0 bridgehead atoms. The van der Waals surface area contributed by atoms with Gasteiger partial charge in [0.2, 0.25) is 5.91 Å². The average Bonchev–Trinajstić information content (AvgIpc) is 2.46. The summed E-state index contributed by atoms with van der Waals surface area (Å²) in [4.78, 5) is 23.0. The number of hydrogen-bond acceptors (Lipinski definition) is 3. The van der Waals surface area contributed by atoms with Gasteiger partial charge in [-0.25, -0.2) is 0 Å². The summed E-state index contributed by atoms with van der Waals surface area (Å²) in [7, 11) is 0. The maximum absolute atomic E-state index is 12.0. The lowest BCUT2D eigenvalue weighted by molar-refractivity contribution is 0.0956. The molecular weight excluding hydrogens is 242 g/mol. The van der Waals surface area contributed by atoms with Crippen molar-refractivity contribution < 1.29 is 9.59 Å². The molecule has 0 unspecified atom stereocenters. The third-order valence-corrected chi connectivity index (χ3v) is 3.04. The Morgan fingerprint density at radius 2 is 2.11 bits per heavy atom. The normalized spacial score (nSPS) is 14.6. The van der Waals surface area contributed by atoms with Crippen LogP contribution in [0.25, 0.3) is 0 Å². The van der Waals surface area contributed by atoms with E-state index < -0.39 is 5.91 Å². The van der Waals surface area contributed by atoms with Crippen molar-refractivity contribution in [1.29, 1.82) is 0 Å². The average molecular weight is 259 g/mol. The Morgan fingerprint density at radius 1 is 1.32 bits per heavy atom. The van der Waals surface area contributed by atoms with E-state index in [1.54, 1.807) is 18.2 Å². The van der Waals surface area contributed by atoms with Gasteiger partial charge in [-0.05, 0) is 31.2 Å². The van der Waals surface area contributed by atoms with Crippen LogP contribution in [-0.4, -0.2) is 31.4 Å². The first-order valence-corrected chi connectivity index (χ1v) is 6.23. The molecular formula is C14H17N3O2. The number of primary amides is 1. The van der Waals surface area contributed by atoms with Gasteiger partial charge in [-0.15, -0.1) is 0 Å². The summed E-state index contributed by atoms with van der Waals surface area (Å²) in [6.45, 7) is 2.34. The highest BCUT2D eigenvalue weighted by Crippen LogP contribution is 2.06. The van der Waals surface area contributed by atoms with Gasteiger partial charge in [-0.1, -0.05) is 17.7 Å². The number of carbonyl (C=O) groups is 2. The molecule has 0 saturated carbocycles. The minimum Gasteiger partial charge on any atom is -0.366 e. The third kappa shape index (κ3) is 3.66. The Labute approximate surface area is 111 Å². The number of amides is 2. The summed E-state index contributed by atoms with van der Waals surface area (Å²) in [5.41, 5.74) is 7.20. The molecule has 4 N–H and O–H groups in total. The highest BCUT2D eigenvalue weighted by Gasteiger charge is 2.09. The van der Waals surface area contributed by atoms with E-state index in [1.165, 1.54) is 11.6 Å². The zero-order chi connectivity index (χ0) is 13.7. The van der Waals surface area contributed by atoms with Gasteiger partial charge in [-0.2, -0.15) is 0 Å². The predicted octanol–water partition coefficient (Wildman–Crippen LogP) is 0.435. The maximum atomic E-state index is 12.0. The monoisotopic (exact) mass is 259 g/mol. The van der Waals surface area contributed by atoms with Crippen molar-refractivity contribution in [2.75, 3.05) is 19.6 Å². The first-order valence-electron chi connectivity index (χ1n) is 6.23. The highest BCUT2D eigenvalue weighted by atomic mass is 16.2. The topological polar surface area (TPSA) is 84.2 Å². The fourth-order valence-electron chi connectivity index (χ4n) is 1.94. The molecule has 0 aromatic heterocycles. The molecule has 100 valence electrons. The van der Waals surface area contributed by atoms with Crippen LogP contribution >= 0.6 is 0 Å². The minimum atomic E-state index is -0.532. The van der Waals surface area contributed by atoms with E-state index in [-0.39, 0.29) is 5.91 Å². The van der Waals surface area contributed by atoms with Crippen LogP contribution in [0.15, 0.2) is 35.9 Å². The molecule has 0 radical (unpaired) electrons. The van der Waals surface area contributed by atoms with Crippen molar-refractivity contribution in [3.05, 3.63) is 47.0 Å². The van der Waals surface area contributed by atoms with E-state index in [0.717, 1.165) is 19.5 Å². The second kappa shape index (κ2) is 6.15. The fourth-order valence-corrected chi connectivity index (χ4v) is 1.94. The summed E-state index contributed by atoms with van der Waals surface area (Å²) in [6, 6.07) is 6.42. The van der Waals surface area contributed by atoms with Crippen LogP contribution in [-0.2, 0) is 0 Å². The van der Waals surface area contributed by atoms with Gasteiger partial charge in [0, 0.05) is 24.2 Å². The molecule has 1 aromatic rings. The molecule has 0 saturated heterocycles. The predicted molar refractivity (Wildman–Crippen MR) is 72.9 cm³/mol. The zero-order valence-electron chi connectivity index (χ0n) is 10.6. The largest absolute Gasteiger partial charge is 0.366 e. The van der Waals surface area contributed by atoms with Gasteiger partial charge in [0.15, 0.2) is 0 Å².